The van der Waals surface area contributed by atoms with Crippen molar-refractivity contribution in [2.45, 2.75) is 25.9 Å². The SMILES string of the molecule is CNC(C)c1cccn1CCCOCCOC. The van der Waals surface area contributed by atoms with E-state index in [2.05, 4.69) is 35.1 Å². The lowest BCUT2D eigenvalue weighted by Gasteiger charge is -2.14. The van der Waals surface area contributed by atoms with Gasteiger partial charge in [0.05, 0.1) is 13.2 Å². The number of nitrogens with zero attached hydrogens (tertiary/aromatic N) is 1. The fourth-order valence-corrected chi connectivity index (χ4v) is 1.75. The van der Waals surface area contributed by atoms with E-state index in [4.69, 9.17) is 9.47 Å². The lowest BCUT2D eigenvalue weighted by Crippen LogP contribution is -2.17. The predicted molar refractivity (Wildman–Crippen MR) is 69.2 cm³/mol. The van der Waals surface area contributed by atoms with Gasteiger partial charge in [0, 0.05) is 38.2 Å². The molecule has 4 nitrogen and oxygen atoms in total. The van der Waals surface area contributed by atoms with Crippen LogP contribution in [0, 0.1) is 0 Å². The number of ether oxygens (including phenoxy) is 2. The van der Waals surface area contributed by atoms with Crippen molar-refractivity contribution in [2.24, 2.45) is 0 Å². The van der Waals surface area contributed by atoms with Gasteiger partial charge in [0.15, 0.2) is 0 Å². The van der Waals surface area contributed by atoms with E-state index >= 15 is 0 Å². The molecular formula is C13H24N2O2. The Morgan fingerprint density at radius 2 is 2.18 bits per heavy atom. The Morgan fingerprint density at radius 1 is 1.35 bits per heavy atom. The lowest BCUT2D eigenvalue weighted by atomic mass is 10.2. The number of hydrogen-bond donors (Lipinski definition) is 1. The zero-order valence-electron chi connectivity index (χ0n) is 11.1. The van der Waals surface area contributed by atoms with E-state index in [1.54, 1.807) is 7.11 Å². The van der Waals surface area contributed by atoms with Crippen LogP contribution in [-0.2, 0) is 16.0 Å². The maximum absolute atomic E-state index is 5.45. The Balaban J connectivity index is 2.24. The van der Waals surface area contributed by atoms with Crippen LogP contribution in [0.5, 0.6) is 0 Å². The third-order valence-corrected chi connectivity index (χ3v) is 2.86. The van der Waals surface area contributed by atoms with Crippen molar-refractivity contribution < 1.29 is 9.47 Å². The molecule has 1 heterocycles. The van der Waals surface area contributed by atoms with E-state index < -0.39 is 0 Å². The van der Waals surface area contributed by atoms with Crippen LogP contribution in [-0.4, -0.2) is 38.5 Å². The molecule has 1 rings (SSSR count). The van der Waals surface area contributed by atoms with Crippen LogP contribution < -0.4 is 5.32 Å². The second kappa shape index (κ2) is 8.28. The van der Waals surface area contributed by atoms with Crippen molar-refractivity contribution in [1.82, 2.24) is 9.88 Å². The standard InChI is InChI=1S/C13H24N2O2/c1-12(14-2)13-6-4-7-15(13)8-5-9-17-11-10-16-3/h4,6-7,12,14H,5,8-11H2,1-3H3. The van der Waals surface area contributed by atoms with Crippen LogP contribution in [0.4, 0.5) is 0 Å². The minimum atomic E-state index is 0.388. The zero-order chi connectivity index (χ0) is 12.5. The normalized spacial score (nSPS) is 12.9. The summed E-state index contributed by atoms with van der Waals surface area (Å²) in [5.74, 6) is 0. The molecule has 1 aromatic heterocycles. The van der Waals surface area contributed by atoms with Gasteiger partial charge in [-0.15, -0.1) is 0 Å². The van der Waals surface area contributed by atoms with Gasteiger partial charge in [0.2, 0.25) is 0 Å². The molecule has 0 fully saturated rings. The van der Waals surface area contributed by atoms with Gasteiger partial charge < -0.3 is 19.4 Å². The molecule has 0 radical (unpaired) electrons. The molecule has 1 aromatic rings. The smallest absolute Gasteiger partial charge is 0.0700 e. The number of rotatable bonds is 9. The fraction of sp³-hybridized carbons (Fsp3) is 0.692. The third-order valence-electron chi connectivity index (χ3n) is 2.86. The number of methoxy groups -OCH3 is 1. The van der Waals surface area contributed by atoms with Crippen LogP contribution in [0.25, 0.3) is 0 Å². The van der Waals surface area contributed by atoms with Gasteiger partial charge in [-0.2, -0.15) is 0 Å². The summed E-state index contributed by atoms with van der Waals surface area (Å²) >= 11 is 0. The Bertz CT molecular complexity index is 299. The highest BCUT2D eigenvalue weighted by Crippen LogP contribution is 2.13. The Morgan fingerprint density at radius 3 is 2.88 bits per heavy atom. The summed E-state index contributed by atoms with van der Waals surface area (Å²) in [6, 6.07) is 4.64. The highest BCUT2D eigenvalue weighted by atomic mass is 16.5. The quantitative estimate of drug-likeness (QED) is 0.669. The Hall–Kier alpha value is -0.840. The van der Waals surface area contributed by atoms with E-state index in [1.165, 1.54) is 5.69 Å². The largest absolute Gasteiger partial charge is 0.382 e. The number of hydrogen-bond acceptors (Lipinski definition) is 3. The van der Waals surface area contributed by atoms with Crippen molar-refractivity contribution in [3.05, 3.63) is 24.0 Å². The fourth-order valence-electron chi connectivity index (χ4n) is 1.75. The molecule has 0 saturated heterocycles. The van der Waals surface area contributed by atoms with Gasteiger partial charge in [0.25, 0.3) is 0 Å². The Kier molecular flexibility index (Phi) is 6.93. The van der Waals surface area contributed by atoms with Crippen LogP contribution in [0.1, 0.15) is 25.1 Å². The molecular weight excluding hydrogens is 216 g/mol. The summed E-state index contributed by atoms with van der Waals surface area (Å²) < 4.78 is 12.6. The first-order valence-corrected chi connectivity index (χ1v) is 6.18. The molecule has 0 aliphatic carbocycles. The highest BCUT2D eigenvalue weighted by molar-refractivity contribution is 5.11. The van der Waals surface area contributed by atoms with Crippen LogP contribution in [0.2, 0.25) is 0 Å². The molecule has 0 saturated carbocycles. The molecule has 0 amide bonds. The molecule has 0 aliphatic heterocycles. The van der Waals surface area contributed by atoms with Crippen molar-refractivity contribution in [3.8, 4) is 0 Å². The molecule has 98 valence electrons. The molecule has 1 atom stereocenters. The Labute approximate surface area is 104 Å². The molecule has 0 aliphatic rings. The van der Waals surface area contributed by atoms with Gasteiger partial charge in [-0.05, 0) is 32.5 Å². The van der Waals surface area contributed by atoms with Gasteiger partial charge in [-0.1, -0.05) is 0 Å². The summed E-state index contributed by atoms with van der Waals surface area (Å²) in [6.45, 7) is 5.31. The van der Waals surface area contributed by atoms with Gasteiger partial charge in [-0.25, -0.2) is 0 Å². The minimum absolute atomic E-state index is 0.388. The summed E-state index contributed by atoms with van der Waals surface area (Å²) in [5, 5.41) is 3.26. The molecule has 0 bridgehead atoms. The molecule has 4 heteroatoms. The van der Waals surface area contributed by atoms with E-state index in [9.17, 15) is 0 Å². The van der Waals surface area contributed by atoms with E-state index in [1.807, 2.05) is 7.05 Å². The first-order valence-electron chi connectivity index (χ1n) is 6.18. The summed E-state index contributed by atoms with van der Waals surface area (Å²) in [5.41, 5.74) is 1.32. The number of nitrogens with one attached hydrogen (secondary N) is 1. The first-order chi connectivity index (χ1) is 8.29. The molecule has 1 unspecified atom stereocenters. The van der Waals surface area contributed by atoms with Crippen molar-refractivity contribution in [3.63, 3.8) is 0 Å². The lowest BCUT2D eigenvalue weighted by molar-refractivity contribution is 0.0679. The maximum atomic E-state index is 5.45. The molecule has 1 N–H and O–H groups in total. The average molecular weight is 240 g/mol. The van der Waals surface area contributed by atoms with Crippen molar-refractivity contribution in [1.29, 1.82) is 0 Å². The number of aryl methyl sites for hydroxylation is 1. The van der Waals surface area contributed by atoms with Crippen LogP contribution in [0.3, 0.4) is 0 Å². The summed E-state index contributed by atoms with van der Waals surface area (Å²) in [6.07, 6.45) is 3.15. The molecule has 0 spiro atoms. The van der Waals surface area contributed by atoms with Gasteiger partial charge >= 0.3 is 0 Å². The molecule has 0 aromatic carbocycles. The summed E-state index contributed by atoms with van der Waals surface area (Å²) in [7, 11) is 3.67. The topological polar surface area (TPSA) is 35.4 Å². The van der Waals surface area contributed by atoms with E-state index in [0.29, 0.717) is 19.3 Å². The average Bonchev–Trinajstić information content (AvgIpc) is 2.81. The second-order valence-electron chi connectivity index (χ2n) is 4.10. The van der Waals surface area contributed by atoms with Crippen molar-refractivity contribution in [2.75, 3.05) is 34.0 Å². The van der Waals surface area contributed by atoms with Gasteiger partial charge in [-0.3, -0.25) is 0 Å². The second-order valence-corrected chi connectivity index (χ2v) is 4.10. The van der Waals surface area contributed by atoms with Crippen LogP contribution >= 0.6 is 0 Å². The zero-order valence-corrected chi connectivity index (χ0v) is 11.1. The molecule has 17 heavy (non-hydrogen) atoms. The third kappa shape index (κ3) is 4.89. The summed E-state index contributed by atoms with van der Waals surface area (Å²) in [4.78, 5) is 0. The predicted octanol–water partition coefficient (Wildman–Crippen LogP) is 1.82. The van der Waals surface area contributed by atoms with Crippen molar-refractivity contribution >= 4 is 0 Å². The monoisotopic (exact) mass is 240 g/mol. The van der Waals surface area contributed by atoms with Gasteiger partial charge in [0.1, 0.15) is 0 Å². The van der Waals surface area contributed by atoms with E-state index in [-0.39, 0.29) is 0 Å². The number of aromatic nitrogens is 1. The maximum Gasteiger partial charge on any atom is 0.0700 e. The first kappa shape index (κ1) is 14.2. The highest BCUT2D eigenvalue weighted by Gasteiger charge is 2.06. The minimum Gasteiger partial charge on any atom is -0.382 e. The van der Waals surface area contributed by atoms with E-state index in [0.717, 1.165) is 19.6 Å². The van der Waals surface area contributed by atoms with Crippen LogP contribution in [0.15, 0.2) is 18.3 Å².